The summed E-state index contributed by atoms with van der Waals surface area (Å²) in [7, 11) is 0. The van der Waals surface area contributed by atoms with Crippen molar-refractivity contribution in [3.8, 4) is 0 Å². The first kappa shape index (κ1) is 11.7. The maximum Gasteiger partial charge on any atom is 0.223 e. The Kier molecular flexibility index (Phi) is 3.26. The van der Waals surface area contributed by atoms with E-state index < -0.39 is 0 Å². The molecule has 0 spiro atoms. The van der Waals surface area contributed by atoms with E-state index >= 15 is 0 Å². The fourth-order valence-electron chi connectivity index (χ4n) is 3.32. The van der Waals surface area contributed by atoms with Gasteiger partial charge in [0.15, 0.2) is 0 Å². The predicted octanol–water partition coefficient (Wildman–Crippen LogP) is 3.56. The number of amides is 1. The van der Waals surface area contributed by atoms with Gasteiger partial charge in [-0.2, -0.15) is 0 Å². The molecule has 92 valence electrons. The lowest BCUT2D eigenvalue weighted by molar-refractivity contribution is -0.126. The SMILES string of the molecule is O=C(NCc1csc(Br)c1)[C@@H]1C[C@H]2CC[C@H]1C2. The first-order chi connectivity index (χ1) is 8.22. The third-order valence-electron chi connectivity index (χ3n) is 4.16. The summed E-state index contributed by atoms with van der Waals surface area (Å²) in [5.41, 5.74) is 1.19. The van der Waals surface area contributed by atoms with E-state index in [4.69, 9.17) is 0 Å². The van der Waals surface area contributed by atoms with Gasteiger partial charge < -0.3 is 5.32 Å². The number of thiophene rings is 1. The van der Waals surface area contributed by atoms with Crippen molar-refractivity contribution in [3.05, 3.63) is 20.8 Å². The minimum atomic E-state index is 0.277. The fraction of sp³-hybridized carbons (Fsp3) is 0.615. The molecule has 2 saturated carbocycles. The molecule has 0 radical (unpaired) electrons. The summed E-state index contributed by atoms with van der Waals surface area (Å²) >= 11 is 5.10. The van der Waals surface area contributed by atoms with Crippen molar-refractivity contribution in [1.82, 2.24) is 5.32 Å². The average Bonchev–Trinajstić information content (AvgIpc) is 3.01. The van der Waals surface area contributed by atoms with Crippen LogP contribution in [0.3, 0.4) is 0 Å². The summed E-state index contributed by atoms with van der Waals surface area (Å²) < 4.78 is 1.13. The molecule has 0 aliphatic heterocycles. The number of halogens is 1. The third-order valence-corrected chi connectivity index (χ3v) is 5.72. The van der Waals surface area contributed by atoms with E-state index in [-0.39, 0.29) is 5.91 Å². The zero-order valence-corrected chi connectivity index (χ0v) is 12.0. The van der Waals surface area contributed by atoms with Crippen molar-refractivity contribution in [3.63, 3.8) is 0 Å². The van der Waals surface area contributed by atoms with E-state index in [1.807, 2.05) is 0 Å². The molecule has 0 saturated heterocycles. The lowest BCUT2D eigenvalue weighted by Gasteiger charge is -2.20. The van der Waals surface area contributed by atoms with Crippen molar-refractivity contribution < 1.29 is 4.79 Å². The number of fused-ring (bicyclic) bond motifs is 2. The second-order valence-corrected chi connectivity index (χ2v) is 7.55. The van der Waals surface area contributed by atoms with E-state index in [1.165, 1.54) is 24.8 Å². The van der Waals surface area contributed by atoms with Crippen molar-refractivity contribution in [2.75, 3.05) is 0 Å². The van der Waals surface area contributed by atoms with Gasteiger partial charge in [-0.3, -0.25) is 4.79 Å². The van der Waals surface area contributed by atoms with Gasteiger partial charge in [-0.05, 0) is 64.0 Å². The number of carbonyl (C=O) groups is 1. The van der Waals surface area contributed by atoms with Gasteiger partial charge >= 0.3 is 0 Å². The first-order valence-corrected chi connectivity index (χ1v) is 7.90. The topological polar surface area (TPSA) is 29.1 Å². The number of carbonyl (C=O) groups excluding carboxylic acids is 1. The molecule has 3 atom stereocenters. The minimum Gasteiger partial charge on any atom is -0.352 e. The van der Waals surface area contributed by atoms with Gasteiger partial charge in [0.25, 0.3) is 0 Å². The van der Waals surface area contributed by atoms with Gasteiger partial charge in [0.2, 0.25) is 5.91 Å². The molecule has 0 unspecified atom stereocenters. The lowest BCUT2D eigenvalue weighted by atomic mass is 9.88. The monoisotopic (exact) mass is 313 g/mol. The van der Waals surface area contributed by atoms with Crippen LogP contribution in [-0.2, 0) is 11.3 Å². The highest BCUT2D eigenvalue weighted by Crippen LogP contribution is 2.48. The molecule has 2 nitrogen and oxygen atoms in total. The Balaban J connectivity index is 1.54. The molecule has 1 aromatic rings. The number of hydrogen-bond acceptors (Lipinski definition) is 2. The molecular weight excluding hydrogens is 298 g/mol. The van der Waals surface area contributed by atoms with Crippen molar-refractivity contribution in [1.29, 1.82) is 0 Å². The normalized spacial score (nSPS) is 30.8. The molecule has 2 fully saturated rings. The van der Waals surface area contributed by atoms with Crippen LogP contribution in [-0.4, -0.2) is 5.91 Å². The van der Waals surface area contributed by atoms with Crippen LogP contribution >= 0.6 is 27.3 Å². The van der Waals surface area contributed by atoms with Gasteiger partial charge in [0, 0.05) is 12.5 Å². The van der Waals surface area contributed by atoms with Crippen LogP contribution < -0.4 is 5.32 Å². The van der Waals surface area contributed by atoms with Gasteiger partial charge in [0.1, 0.15) is 0 Å². The molecule has 17 heavy (non-hydrogen) atoms. The highest BCUT2D eigenvalue weighted by atomic mass is 79.9. The molecule has 4 heteroatoms. The van der Waals surface area contributed by atoms with E-state index in [0.717, 1.165) is 16.1 Å². The molecule has 0 aromatic carbocycles. The molecule has 3 rings (SSSR count). The first-order valence-electron chi connectivity index (χ1n) is 6.23. The number of nitrogens with one attached hydrogen (secondary N) is 1. The number of rotatable bonds is 3. The van der Waals surface area contributed by atoms with Crippen LogP contribution in [0.15, 0.2) is 15.2 Å². The fourth-order valence-corrected chi connectivity index (χ4v) is 4.53. The lowest BCUT2D eigenvalue weighted by Crippen LogP contribution is -2.33. The summed E-state index contributed by atoms with van der Waals surface area (Å²) in [6, 6.07) is 2.08. The molecule has 2 aliphatic carbocycles. The second kappa shape index (κ2) is 4.73. The quantitative estimate of drug-likeness (QED) is 0.908. The molecular formula is C13H16BrNOS. The van der Waals surface area contributed by atoms with Gasteiger partial charge in [-0.15, -0.1) is 11.3 Å². The summed E-state index contributed by atoms with van der Waals surface area (Å²) in [5.74, 6) is 2.09. The Morgan fingerprint density at radius 1 is 1.47 bits per heavy atom. The maximum atomic E-state index is 12.1. The zero-order chi connectivity index (χ0) is 11.8. The Morgan fingerprint density at radius 3 is 2.94 bits per heavy atom. The van der Waals surface area contributed by atoms with Crippen LogP contribution in [0, 0.1) is 17.8 Å². The summed E-state index contributed by atoms with van der Waals surface area (Å²) in [4.78, 5) is 12.1. The molecule has 1 heterocycles. The Bertz CT molecular complexity index is 431. The summed E-state index contributed by atoms with van der Waals surface area (Å²) in [5, 5.41) is 5.17. The molecule has 1 N–H and O–H groups in total. The van der Waals surface area contributed by atoms with E-state index in [2.05, 4.69) is 32.7 Å². The van der Waals surface area contributed by atoms with Gasteiger partial charge in [-0.1, -0.05) is 6.42 Å². The smallest absolute Gasteiger partial charge is 0.223 e. The predicted molar refractivity (Wildman–Crippen MR) is 72.8 cm³/mol. The molecule has 1 aromatic heterocycles. The standard InChI is InChI=1S/C13H16BrNOS/c14-12-5-9(7-17-12)6-15-13(16)11-4-8-1-2-10(11)3-8/h5,7-8,10-11H,1-4,6H2,(H,15,16)/t8-,10-,11+/m0/s1. The Labute approximate surface area is 114 Å². The van der Waals surface area contributed by atoms with Crippen LogP contribution in [0.4, 0.5) is 0 Å². The molecule has 2 aliphatic rings. The molecule has 1 amide bonds. The Hall–Kier alpha value is -0.350. The van der Waals surface area contributed by atoms with E-state index in [0.29, 0.717) is 18.4 Å². The van der Waals surface area contributed by atoms with Gasteiger partial charge in [0.05, 0.1) is 3.79 Å². The largest absolute Gasteiger partial charge is 0.352 e. The highest BCUT2D eigenvalue weighted by Gasteiger charge is 2.42. The third kappa shape index (κ3) is 2.43. The minimum absolute atomic E-state index is 0.277. The van der Waals surface area contributed by atoms with Crippen molar-refractivity contribution in [2.45, 2.75) is 32.2 Å². The summed E-state index contributed by atoms with van der Waals surface area (Å²) in [6.07, 6.45) is 5.05. The Morgan fingerprint density at radius 2 is 2.35 bits per heavy atom. The van der Waals surface area contributed by atoms with Crippen molar-refractivity contribution >= 4 is 33.2 Å². The number of hydrogen-bond donors (Lipinski definition) is 1. The zero-order valence-electron chi connectivity index (χ0n) is 9.62. The maximum absolute atomic E-state index is 12.1. The highest BCUT2D eigenvalue weighted by molar-refractivity contribution is 9.11. The molecule has 2 bridgehead atoms. The van der Waals surface area contributed by atoms with Crippen LogP contribution in [0.1, 0.15) is 31.2 Å². The summed E-state index contributed by atoms with van der Waals surface area (Å²) in [6.45, 7) is 0.675. The van der Waals surface area contributed by atoms with Crippen molar-refractivity contribution in [2.24, 2.45) is 17.8 Å². The van der Waals surface area contributed by atoms with Crippen LogP contribution in [0.2, 0.25) is 0 Å². The van der Waals surface area contributed by atoms with Gasteiger partial charge in [-0.25, -0.2) is 0 Å². The van der Waals surface area contributed by atoms with Crippen LogP contribution in [0.5, 0.6) is 0 Å². The van der Waals surface area contributed by atoms with E-state index in [1.54, 1.807) is 11.3 Å². The second-order valence-electron chi connectivity index (χ2n) is 5.26. The van der Waals surface area contributed by atoms with Crippen LogP contribution in [0.25, 0.3) is 0 Å². The average molecular weight is 314 g/mol. The van der Waals surface area contributed by atoms with E-state index in [9.17, 15) is 4.79 Å².